The van der Waals surface area contributed by atoms with Crippen molar-refractivity contribution >= 4 is 24.1 Å². The van der Waals surface area contributed by atoms with Crippen molar-refractivity contribution in [2.75, 3.05) is 48.0 Å². The van der Waals surface area contributed by atoms with Crippen LogP contribution in [-0.4, -0.2) is 54.0 Å². The highest BCUT2D eigenvalue weighted by atomic mass is 16.5. The van der Waals surface area contributed by atoms with Crippen molar-refractivity contribution in [3.8, 4) is 17.6 Å². The maximum absolute atomic E-state index is 9.35. The van der Waals surface area contributed by atoms with Crippen molar-refractivity contribution in [1.29, 1.82) is 5.26 Å². The van der Waals surface area contributed by atoms with Gasteiger partial charge in [0.2, 0.25) is 17.8 Å². The van der Waals surface area contributed by atoms with Gasteiger partial charge >= 0.3 is 0 Å². The highest BCUT2D eigenvalue weighted by Crippen LogP contribution is 2.29. The Balaban J connectivity index is 1.30. The van der Waals surface area contributed by atoms with E-state index in [0.29, 0.717) is 41.5 Å². The van der Waals surface area contributed by atoms with Gasteiger partial charge in [-0.15, -0.1) is 0 Å². The first-order valence-electron chi connectivity index (χ1n) is 14.2. The van der Waals surface area contributed by atoms with Crippen LogP contribution >= 0.6 is 0 Å². The number of nitrogens with zero attached hydrogens (tertiary/aromatic N) is 7. The molecule has 0 radical (unpaired) electrons. The Hall–Kier alpha value is -4.39. The normalized spacial score (nSPS) is 15.6. The Morgan fingerprint density at radius 3 is 2.20 bits per heavy atom. The Bertz CT molecular complexity index is 1310. The van der Waals surface area contributed by atoms with Gasteiger partial charge < -0.3 is 19.3 Å². The largest absolute Gasteiger partial charge is 0.490 e. The van der Waals surface area contributed by atoms with Gasteiger partial charge in [0.05, 0.1) is 24.5 Å². The van der Waals surface area contributed by atoms with Gasteiger partial charge in [-0.2, -0.15) is 25.3 Å². The zero-order valence-corrected chi connectivity index (χ0v) is 23.1. The van der Waals surface area contributed by atoms with Gasteiger partial charge in [0.15, 0.2) is 11.5 Å². The zero-order valence-electron chi connectivity index (χ0n) is 23.1. The van der Waals surface area contributed by atoms with Gasteiger partial charge in [-0.1, -0.05) is 18.2 Å². The Morgan fingerprint density at radius 2 is 1.55 bits per heavy atom. The molecule has 10 heteroatoms. The SMILES string of the molecule is CCOc1cc(/C=N\Nc2nc(N3CCCCC3)nc(N3CCCCC3)n2)ccc1OCc1ccccc1C#N. The smallest absolute Gasteiger partial charge is 0.250 e. The number of anilines is 3. The number of hydrogen-bond donors (Lipinski definition) is 1. The molecule has 0 spiro atoms. The fraction of sp³-hybridized carbons (Fsp3) is 0.433. The number of piperidine rings is 2. The monoisotopic (exact) mass is 540 g/mol. The number of rotatable bonds is 10. The molecule has 0 amide bonds. The summed E-state index contributed by atoms with van der Waals surface area (Å²) in [7, 11) is 0. The molecule has 0 aliphatic carbocycles. The van der Waals surface area contributed by atoms with Crippen LogP contribution in [0.4, 0.5) is 17.8 Å². The van der Waals surface area contributed by atoms with Crippen LogP contribution in [0, 0.1) is 11.3 Å². The molecule has 2 aromatic carbocycles. The molecule has 2 fully saturated rings. The second-order valence-electron chi connectivity index (χ2n) is 9.92. The van der Waals surface area contributed by atoms with E-state index < -0.39 is 0 Å². The van der Waals surface area contributed by atoms with Crippen molar-refractivity contribution in [3.05, 3.63) is 59.2 Å². The number of aromatic nitrogens is 3. The molecule has 40 heavy (non-hydrogen) atoms. The van der Waals surface area contributed by atoms with Crippen molar-refractivity contribution in [1.82, 2.24) is 15.0 Å². The summed E-state index contributed by atoms with van der Waals surface area (Å²) >= 11 is 0. The minimum Gasteiger partial charge on any atom is -0.490 e. The van der Waals surface area contributed by atoms with Crippen LogP contribution in [-0.2, 0) is 6.61 Å². The summed E-state index contributed by atoms with van der Waals surface area (Å²) in [6.07, 6.45) is 8.81. The molecule has 0 saturated carbocycles. The summed E-state index contributed by atoms with van der Waals surface area (Å²) in [5, 5.41) is 13.8. The number of hydrazone groups is 1. The molecule has 5 rings (SSSR count). The highest BCUT2D eigenvalue weighted by Gasteiger charge is 2.20. The second kappa shape index (κ2) is 13.6. The second-order valence-corrected chi connectivity index (χ2v) is 9.92. The first-order valence-corrected chi connectivity index (χ1v) is 14.2. The molecule has 10 nitrogen and oxygen atoms in total. The van der Waals surface area contributed by atoms with E-state index in [1.165, 1.54) is 12.8 Å². The van der Waals surface area contributed by atoms with Gasteiger partial charge in [-0.3, -0.25) is 0 Å². The van der Waals surface area contributed by atoms with Crippen molar-refractivity contribution in [2.24, 2.45) is 5.10 Å². The van der Waals surface area contributed by atoms with E-state index in [4.69, 9.17) is 24.4 Å². The van der Waals surface area contributed by atoms with Gasteiger partial charge in [-0.25, -0.2) is 5.43 Å². The average Bonchev–Trinajstić information content (AvgIpc) is 3.01. The summed E-state index contributed by atoms with van der Waals surface area (Å²) in [6.45, 7) is 6.54. The predicted molar refractivity (Wildman–Crippen MR) is 156 cm³/mol. The molecule has 0 unspecified atom stereocenters. The summed E-state index contributed by atoms with van der Waals surface area (Å²) in [5.74, 6) is 3.08. The van der Waals surface area contributed by atoms with Crippen LogP contribution < -0.4 is 24.7 Å². The molecule has 2 saturated heterocycles. The fourth-order valence-corrected chi connectivity index (χ4v) is 4.94. The van der Waals surface area contributed by atoms with Crippen LogP contribution in [0.3, 0.4) is 0 Å². The number of nitriles is 1. The molecule has 0 bridgehead atoms. The third-order valence-electron chi connectivity index (χ3n) is 7.06. The molecule has 1 N–H and O–H groups in total. The third kappa shape index (κ3) is 6.97. The fourth-order valence-electron chi connectivity index (χ4n) is 4.94. The van der Waals surface area contributed by atoms with Gasteiger partial charge in [0.25, 0.3) is 0 Å². The standard InChI is InChI=1S/C30H36N8O2/c1-2-39-27-19-23(13-14-26(27)40-22-25-12-6-5-11-24(25)20-31)21-32-36-28-33-29(37-15-7-3-8-16-37)35-30(34-28)38-17-9-4-10-18-38/h5-6,11-14,19,21H,2-4,7-10,15-18,22H2,1H3,(H,33,34,35,36)/b32-21-. The van der Waals surface area contributed by atoms with Gasteiger partial charge in [-0.05, 0) is 75.3 Å². The van der Waals surface area contributed by atoms with Gasteiger partial charge in [0, 0.05) is 31.7 Å². The Kier molecular flexibility index (Phi) is 9.25. The zero-order chi connectivity index (χ0) is 27.6. The Labute approximate surface area is 235 Å². The molecule has 2 aliphatic rings. The van der Waals surface area contributed by atoms with Crippen LogP contribution in [0.2, 0.25) is 0 Å². The summed E-state index contributed by atoms with van der Waals surface area (Å²) < 4.78 is 11.9. The van der Waals surface area contributed by atoms with Crippen LogP contribution in [0.1, 0.15) is 62.1 Å². The molecule has 3 heterocycles. The predicted octanol–water partition coefficient (Wildman–Crippen LogP) is 5.15. The number of hydrogen-bond acceptors (Lipinski definition) is 10. The van der Waals surface area contributed by atoms with Crippen LogP contribution in [0.25, 0.3) is 0 Å². The summed E-state index contributed by atoms with van der Waals surface area (Å²) in [6, 6.07) is 15.3. The molecule has 2 aliphatic heterocycles. The summed E-state index contributed by atoms with van der Waals surface area (Å²) in [4.78, 5) is 18.7. The van der Waals surface area contributed by atoms with E-state index in [9.17, 15) is 5.26 Å². The lowest BCUT2D eigenvalue weighted by Gasteiger charge is -2.30. The molecule has 208 valence electrons. The van der Waals surface area contributed by atoms with Crippen molar-refractivity contribution in [3.63, 3.8) is 0 Å². The highest BCUT2D eigenvalue weighted by molar-refractivity contribution is 5.81. The quantitative estimate of drug-likeness (QED) is 0.276. The van der Waals surface area contributed by atoms with E-state index in [-0.39, 0.29) is 6.61 Å². The molecule has 3 aromatic rings. The summed E-state index contributed by atoms with van der Waals surface area (Å²) in [5.41, 5.74) is 5.29. The minimum absolute atomic E-state index is 0.275. The lowest BCUT2D eigenvalue weighted by Crippen LogP contribution is -2.34. The lowest BCUT2D eigenvalue weighted by molar-refractivity contribution is 0.269. The molecule has 0 atom stereocenters. The minimum atomic E-state index is 0.275. The van der Waals surface area contributed by atoms with Crippen LogP contribution in [0.15, 0.2) is 47.6 Å². The number of ether oxygens (including phenoxy) is 2. The molecule has 1 aromatic heterocycles. The topological polar surface area (TPSA) is 112 Å². The maximum atomic E-state index is 9.35. The van der Waals surface area contributed by atoms with E-state index in [1.807, 2.05) is 43.3 Å². The number of nitrogens with one attached hydrogen (secondary N) is 1. The van der Waals surface area contributed by atoms with E-state index >= 15 is 0 Å². The third-order valence-corrected chi connectivity index (χ3v) is 7.06. The first kappa shape index (κ1) is 27.2. The van der Waals surface area contributed by atoms with E-state index in [2.05, 4.69) is 26.4 Å². The first-order chi connectivity index (χ1) is 19.7. The van der Waals surface area contributed by atoms with Gasteiger partial charge in [0.1, 0.15) is 6.61 Å². The molecular formula is C30H36N8O2. The van der Waals surface area contributed by atoms with Crippen molar-refractivity contribution < 1.29 is 9.47 Å². The molecular weight excluding hydrogens is 504 g/mol. The average molecular weight is 541 g/mol. The maximum Gasteiger partial charge on any atom is 0.250 e. The Morgan fingerprint density at radius 1 is 0.875 bits per heavy atom. The van der Waals surface area contributed by atoms with E-state index in [0.717, 1.165) is 63.0 Å². The van der Waals surface area contributed by atoms with Crippen LogP contribution in [0.5, 0.6) is 11.5 Å². The van der Waals surface area contributed by atoms with E-state index in [1.54, 1.807) is 12.3 Å². The number of benzene rings is 2. The van der Waals surface area contributed by atoms with Crippen molar-refractivity contribution in [2.45, 2.75) is 52.1 Å². The lowest BCUT2D eigenvalue weighted by atomic mass is 10.1.